The lowest BCUT2D eigenvalue weighted by molar-refractivity contribution is -0.137. The third-order valence-electron chi connectivity index (χ3n) is 6.01. The minimum Gasteiger partial charge on any atom is -0.368 e. The highest BCUT2D eigenvalue weighted by molar-refractivity contribution is 5.82. The van der Waals surface area contributed by atoms with Gasteiger partial charge in [-0.05, 0) is 35.4 Å². The standard InChI is InChI=1S/C24H24F3N3O2/c1-17(31)30-10-9-18-5-2-3-8-21(18)22(30)16-23(32)29-13-11-28(12-14-29)20-7-4-6-19(15-20)24(25,26)27/h2-10,15,22H,11-14,16H2,1H3. The Morgan fingerprint density at radius 2 is 1.72 bits per heavy atom. The third kappa shape index (κ3) is 4.49. The van der Waals surface area contributed by atoms with Crippen molar-refractivity contribution in [3.8, 4) is 0 Å². The van der Waals surface area contributed by atoms with E-state index in [9.17, 15) is 22.8 Å². The molecule has 0 spiro atoms. The molecule has 0 radical (unpaired) electrons. The summed E-state index contributed by atoms with van der Waals surface area (Å²) >= 11 is 0. The van der Waals surface area contributed by atoms with Crippen LogP contribution in [-0.4, -0.2) is 47.8 Å². The summed E-state index contributed by atoms with van der Waals surface area (Å²) in [7, 11) is 0. The van der Waals surface area contributed by atoms with E-state index in [1.165, 1.54) is 13.0 Å². The second-order valence-corrected chi connectivity index (χ2v) is 8.01. The van der Waals surface area contributed by atoms with Crippen LogP contribution in [0.25, 0.3) is 6.08 Å². The predicted octanol–water partition coefficient (Wildman–Crippen LogP) is 4.32. The van der Waals surface area contributed by atoms with E-state index in [1.54, 1.807) is 22.1 Å². The molecule has 4 rings (SSSR count). The molecule has 32 heavy (non-hydrogen) atoms. The van der Waals surface area contributed by atoms with Crippen LogP contribution in [0.4, 0.5) is 18.9 Å². The lowest BCUT2D eigenvalue weighted by atomic mass is 9.93. The molecule has 2 aliphatic rings. The topological polar surface area (TPSA) is 43.9 Å². The van der Waals surface area contributed by atoms with Crippen LogP contribution < -0.4 is 4.90 Å². The largest absolute Gasteiger partial charge is 0.416 e. The zero-order valence-electron chi connectivity index (χ0n) is 17.7. The molecule has 2 heterocycles. The minimum atomic E-state index is -4.39. The maximum Gasteiger partial charge on any atom is 0.416 e. The predicted molar refractivity (Wildman–Crippen MR) is 116 cm³/mol. The van der Waals surface area contributed by atoms with E-state index >= 15 is 0 Å². The van der Waals surface area contributed by atoms with Gasteiger partial charge in [0.05, 0.1) is 18.0 Å². The van der Waals surface area contributed by atoms with Crippen molar-refractivity contribution in [1.29, 1.82) is 0 Å². The van der Waals surface area contributed by atoms with Gasteiger partial charge in [0.1, 0.15) is 0 Å². The number of fused-ring (bicyclic) bond motifs is 1. The first-order valence-electron chi connectivity index (χ1n) is 10.5. The van der Waals surface area contributed by atoms with Gasteiger partial charge >= 0.3 is 6.18 Å². The van der Waals surface area contributed by atoms with Crippen molar-refractivity contribution in [2.24, 2.45) is 0 Å². The number of anilines is 1. The normalized spacial score (nSPS) is 18.5. The number of hydrogen-bond donors (Lipinski definition) is 0. The Morgan fingerprint density at radius 3 is 2.41 bits per heavy atom. The molecule has 1 fully saturated rings. The second kappa shape index (κ2) is 8.68. The van der Waals surface area contributed by atoms with E-state index < -0.39 is 11.7 Å². The highest BCUT2D eigenvalue weighted by atomic mass is 19.4. The van der Waals surface area contributed by atoms with Gasteiger partial charge in [-0.1, -0.05) is 30.3 Å². The molecule has 8 heteroatoms. The maximum absolute atomic E-state index is 13.1. The zero-order valence-corrected chi connectivity index (χ0v) is 17.7. The van der Waals surface area contributed by atoms with Crippen molar-refractivity contribution in [1.82, 2.24) is 9.80 Å². The molecule has 0 N–H and O–H groups in total. The summed E-state index contributed by atoms with van der Waals surface area (Å²) in [6.45, 7) is 3.21. The van der Waals surface area contributed by atoms with Gasteiger partial charge in [-0.25, -0.2) is 0 Å². The molecule has 2 aromatic rings. The zero-order chi connectivity index (χ0) is 22.9. The molecule has 168 valence electrons. The van der Waals surface area contributed by atoms with Crippen LogP contribution in [0.1, 0.15) is 36.1 Å². The van der Waals surface area contributed by atoms with E-state index in [-0.39, 0.29) is 24.3 Å². The monoisotopic (exact) mass is 443 g/mol. The average Bonchev–Trinajstić information content (AvgIpc) is 2.78. The molecule has 0 aliphatic carbocycles. The first kappa shape index (κ1) is 21.9. The van der Waals surface area contributed by atoms with Crippen LogP contribution in [0.3, 0.4) is 0 Å². The van der Waals surface area contributed by atoms with E-state index in [0.717, 1.165) is 23.3 Å². The van der Waals surface area contributed by atoms with Gasteiger partial charge in [0.2, 0.25) is 11.8 Å². The Bertz CT molecular complexity index is 1040. The van der Waals surface area contributed by atoms with E-state index in [1.807, 2.05) is 35.2 Å². The summed E-state index contributed by atoms with van der Waals surface area (Å²) in [6, 6.07) is 12.6. The number of halogens is 3. The number of nitrogens with zero attached hydrogens (tertiary/aromatic N) is 3. The lowest BCUT2D eigenvalue weighted by Gasteiger charge is -2.38. The summed E-state index contributed by atoms with van der Waals surface area (Å²) in [5, 5.41) is 0. The smallest absolute Gasteiger partial charge is 0.368 e. The van der Waals surface area contributed by atoms with Gasteiger partial charge in [-0.15, -0.1) is 0 Å². The second-order valence-electron chi connectivity index (χ2n) is 8.01. The van der Waals surface area contributed by atoms with Crippen LogP contribution >= 0.6 is 0 Å². The van der Waals surface area contributed by atoms with Gasteiger partial charge in [-0.2, -0.15) is 13.2 Å². The van der Waals surface area contributed by atoms with Crippen LogP contribution in [0, 0.1) is 0 Å². The average molecular weight is 443 g/mol. The molecule has 2 aliphatic heterocycles. The first-order chi connectivity index (χ1) is 15.2. The SMILES string of the molecule is CC(=O)N1C=Cc2ccccc2C1CC(=O)N1CCN(c2cccc(C(F)(F)F)c2)CC1. The first-order valence-corrected chi connectivity index (χ1v) is 10.5. The summed E-state index contributed by atoms with van der Waals surface area (Å²) in [5.41, 5.74) is 1.74. The number of benzene rings is 2. The molecule has 1 unspecified atom stereocenters. The summed E-state index contributed by atoms with van der Waals surface area (Å²) < 4.78 is 39.0. The Labute approximate surface area is 184 Å². The number of piperazine rings is 1. The van der Waals surface area contributed by atoms with Gasteiger partial charge in [0, 0.05) is 45.0 Å². The molecule has 1 saturated heterocycles. The van der Waals surface area contributed by atoms with Crippen LogP contribution in [0.5, 0.6) is 0 Å². The maximum atomic E-state index is 13.1. The number of alkyl halides is 3. The number of carbonyl (C=O) groups is 2. The number of hydrogen-bond acceptors (Lipinski definition) is 3. The van der Waals surface area contributed by atoms with Crippen molar-refractivity contribution < 1.29 is 22.8 Å². The van der Waals surface area contributed by atoms with E-state index in [0.29, 0.717) is 31.9 Å². The Hall–Kier alpha value is -3.29. The van der Waals surface area contributed by atoms with E-state index in [4.69, 9.17) is 0 Å². The van der Waals surface area contributed by atoms with Crippen LogP contribution in [-0.2, 0) is 15.8 Å². The van der Waals surface area contributed by atoms with E-state index in [2.05, 4.69) is 0 Å². The fourth-order valence-corrected chi connectivity index (χ4v) is 4.30. The molecule has 1 atom stereocenters. The van der Waals surface area contributed by atoms with Crippen molar-refractivity contribution in [3.05, 3.63) is 71.4 Å². The molecule has 0 saturated carbocycles. The molecular formula is C24H24F3N3O2. The molecule has 0 aromatic heterocycles. The third-order valence-corrected chi connectivity index (χ3v) is 6.01. The van der Waals surface area contributed by atoms with Crippen molar-refractivity contribution >= 4 is 23.6 Å². The lowest BCUT2D eigenvalue weighted by Crippen LogP contribution is -2.49. The van der Waals surface area contributed by atoms with Crippen molar-refractivity contribution in [3.63, 3.8) is 0 Å². The van der Waals surface area contributed by atoms with Gasteiger partial charge in [0.25, 0.3) is 0 Å². The number of amides is 2. The summed E-state index contributed by atoms with van der Waals surface area (Å²) in [4.78, 5) is 30.4. The van der Waals surface area contributed by atoms with Crippen molar-refractivity contribution in [2.75, 3.05) is 31.1 Å². The number of rotatable bonds is 3. The molecule has 5 nitrogen and oxygen atoms in total. The Balaban J connectivity index is 1.43. The van der Waals surface area contributed by atoms with Gasteiger partial charge < -0.3 is 14.7 Å². The highest BCUT2D eigenvalue weighted by Crippen LogP contribution is 2.34. The van der Waals surface area contributed by atoms with Crippen LogP contribution in [0.2, 0.25) is 0 Å². The van der Waals surface area contributed by atoms with Gasteiger partial charge in [0.15, 0.2) is 0 Å². The Kier molecular flexibility index (Phi) is 5.95. The Morgan fingerprint density at radius 1 is 1.00 bits per heavy atom. The number of carbonyl (C=O) groups excluding carboxylic acids is 2. The van der Waals surface area contributed by atoms with Gasteiger partial charge in [-0.3, -0.25) is 9.59 Å². The molecule has 2 aromatic carbocycles. The molecular weight excluding hydrogens is 419 g/mol. The molecule has 0 bridgehead atoms. The van der Waals surface area contributed by atoms with Crippen LogP contribution in [0.15, 0.2) is 54.7 Å². The summed E-state index contributed by atoms with van der Waals surface area (Å²) in [6.07, 6.45) is -0.647. The summed E-state index contributed by atoms with van der Waals surface area (Å²) in [5.74, 6) is -0.210. The fraction of sp³-hybridized carbons (Fsp3) is 0.333. The minimum absolute atomic E-state index is 0.0740. The molecule has 2 amide bonds. The highest BCUT2D eigenvalue weighted by Gasteiger charge is 2.33. The fourth-order valence-electron chi connectivity index (χ4n) is 4.30. The van der Waals surface area contributed by atoms with Crippen molar-refractivity contribution in [2.45, 2.75) is 25.6 Å². The quantitative estimate of drug-likeness (QED) is 0.710.